The molecule has 0 saturated carbocycles. The third-order valence-electron chi connectivity index (χ3n) is 2.50. The van der Waals surface area contributed by atoms with E-state index in [0.717, 1.165) is 5.56 Å². The van der Waals surface area contributed by atoms with E-state index in [1.807, 2.05) is 30.3 Å². The molecule has 1 atom stereocenters. The molecule has 0 saturated heterocycles. The lowest BCUT2D eigenvalue weighted by atomic mass is 9.88. The van der Waals surface area contributed by atoms with Crippen LogP contribution in [-0.2, 0) is 9.53 Å². The van der Waals surface area contributed by atoms with Gasteiger partial charge in [0, 0.05) is 12.8 Å². The Morgan fingerprint density at radius 3 is 2.41 bits per heavy atom. The molecular formula is C14H20O3. The quantitative estimate of drug-likeness (QED) is 0.799. The molecular weight excluding hydrogens is 216 g/mol. The Morgan fingerprint density at radius 2 is 1.94 bits per heavy atom. The molecule has 1 aromatic carbocycles. The van der Waals surface area contributed by atoms with E-state index in [1.165, 1.54) is 6.92 Å². The highest BCUT2D eigenvalue weighted by molar-refractivity contribution is 5.65. The Morgan fingerprint density at radius 1 is 1.35 bits per heavy atom. The molecule has 1 unspecified atom stereocenters. The van der Waals surface area contributed by atoms with Gasteiger partial charge in [0.05, 0.1) is 12.2 Å². The Balaban J connectivity index is 2.75. The fourth-order valence-corrected chi connectivity index (χ4v) is 1.82. The SMILES string of the molecule is CC(=O)OCC(CC(C)(C)O)c1ccccc1. The summed E-state index contributed by atoms with van der Waals surface area (Å²) in [5, 5.41) is 9.87. The van der Waals surface area contributed by atoms with E-state index >= 15 is 0 Å². The molecule has 0 amide bonds. The molecule has 17 heavy (non-hydrogen) atoms. The number of esters is 1. The Labute approximate surface area is 102 Å². The molecule has 0 radical (unpaired) electrons. The van der Waals surface area contributed by atoms with Crippen LogP contribution in [0.4, 0.5) is 0 Å². The summed E-state index contributed by atoms with van der Waals surface area (Å²) in [5.41, 5.74) is 0.302. The van der Waals surface area contributed by atoms with Crippen LogP contribution in [0.2, 0.25) is 0 Å². The zero-order valence-electron chi connectivity index (χ0n) is 10.6. The molecule has 0 fully saturated rings. The van der Waals surface area contributed by atoms with E-state index in [-0.39, 0.29) is 11.9 Å². The van der Waals surface area contributed by atoms with Crippen molar-refractivity contribution >= 4 is 5.97 Å². The number of ether oxygens (including phenoxy) is 1. The first-order chi connectivity index (χ1) is 7.88. The number of aliphatic hydroxyl groups is 1. The largest absolute Gasteiger partial charge is 0.465 e. The second kappa shape index (κ2) is 5.82. The fourth-order valence-electron chi connectivity index (χ4n) is 1.82. The molecule has 0 aliphatic rings. The minimum Gasteiger partial charge on any atom is -0.465 e. The molecule has 0 spiro atoms. The van der Waals surface area contributed by atoms with Crippen molar-refractivity contribution in [3.05, 3.63) is 35.9 Å². The van der Waals surface area contributed by atoms with Gasteiger partial charge < -0.3 is 9.84 Å². The first kappa shape index (κ1) is 13.7. The first-order valence-electron chi connectivity index (χ1n) is 5.79. The van der Waals surface area contributed by atoms with E-state index in [0.29, 0.717) is 13.0 Å². The molecule has 1 rings (SSSR count). The molecule has 0 aliphatic carbocycles. The minimum absolute atomic E-state index is 0.0279. The van der Waals surface area contributed by atoms with Crippen molar-refractivity contribution in [1.29, 1.82) is 0 Å². The maximum absolute atomic E-state index is 10.9. The van der Waals surface area contributed by atoms with Gasteiger partial charge in [-0.1, -0.05) is 30.3 Å². The predicted octanol–water partition coefficient (Wildman–Crippen LogP) is 2.49. The summed E-state index contributed by atoms with van der Waals surface area (Å²) in [7, 11) is 0. The topological polar surface area (TPSA) is 46.5 Å². The summed E-state index contributed by atoms with van der Waals surface area (Å²) >= 11 is 0. The standard InChI is InChI=1S/C14H20O3/c1-11(15)17-10-13(9-14(2,3)16)12-7-5-4-6-8-12/h4-8,13,16H,9-10H2,1-3H3. The smallest absolute Gasteiger partial charge is 0.302 e. The van der Waals surface area contributed by atoms with E-state index in [4.69, 9.17) is 4.74 Å². The third-order valence-corrected chi connectivity index (χ3v) is 2.50. The third kappa shape index (κ3) is 5.50. The summed E-state index contributed by atoms with van der Waals surface area (Å²) < 4.78 is 5.05. The van der Waals surface area contributed by atoms with Gasteiger partial charge in [-0.15, -0.1) is 0 Å². The lowest BCUT2D eigenvalue weighted by Crippen LogP contribution is -2.25. The van der Waals surface area contributed by atoms with E-state index in [1.54, 1.807) is 13.8 Å². The molecule has 1 N–H and O–H groups in total. The second-order valence-corrected chi connectivity index (χ2v) is 4.93. The van der Waals surface area contributed by atoms with Crippen LogP contribution in [0.3, 0.4) is 0 Å². The fraction of sp³-hybridized carbons (Fsp3) is 0.500. The lowest BCUT2D eigenvalue weighted by molar-refractivity contribution is -0.141. The van der Waals surface area contributed by atoms with Gasteiger partial charge in [0.2, 0.25) is 0 Å². The zero-order valence-corrected chi connectivity index (χ0v) is 10.6. The highest BCUT2D eigenvalue weighted by Crippen LogP contribution is 2.26. The van der Waals surface area contributed by atoms with Crippen molar-refractivity contribution in [2.75, 3.05) is 6.61 Å². The summed E-state index contributed by atoms with van der Waals surface area (Å²) in [6.45, 7) is 5.23. The zero-order chi connectivity index (χ0) is 12.9. The predicted molar refractivity (Wildman–Crippen MR) is 66.7 cm³/mol. The number of rotatable bonds is 5. The van der Waals surface area contributed by atoms with E-state index < -0.39 is 5.60 Å². The van der Waals surface area contributed by atoms with Gasteiger partial charge in [0.25, 0.3) is 0 Å². The lowest BCUT2D eigenvalue weighted by Gasteiger charge is -2.25. The van der Waals surface area contributed by atoms with Gasteiger partial charge in [-0.2, -0.15) is 0 Å². The van der Waals surface area contributed by atoms with Gasteiger partial charge in [0.15, 0.2) is 0 Å². The monoisotopic (exact) mass is 236 g/mol. The van der Waals surface area contributed by atoms with Gasteiger partial charge >= 0.3 is 5.97 Å². The Kier molecular flexibility index (Phi) is 4.70. The van der Waals surface area contributed by atoms with Crippen molar-refractivity contribution in [1.82, 2.24) is 0 Å². The Hall–Kier alpha value is -1.35. The molecule has 1 aromatic rings. The first-order valence-corrected chi connectivity index (χ1v) is 5.79. The molecule has 3 nitrogen and oxygen atoms in total. The molecule has 0 bridgehead atoms. The van der Waals surface area contributed by atoms with Crippen LogP contribution in [-0.4, -0.2) is 23.3 Å². The van der Waals surface area contributed by atoms with Crippen molar-refractivity contribution in [3.63, 3.8) is 0 Å². The second-order valence-electron chi connectivity index (χ2n) is 4.93. The number of hydrogen-bond donors (Lipinski definition) is 1. The molecule has 0 heterocycles. The summed E-state index contributed by atoms with van der Waals surface area (Å²) in [6, 6.07) is 9.80. The van der Waals surface area contributed by atoms with E-state index in [9.17, 15) is 9.90 Å². The van der Waals surface area contributed by atoms with Crippen molar-refractivity contribution in [3.8, 4) is 0 Å². The Bertz CT molecular complexity index is 351. The number of benzene rings is 1. The van der Waals surface area contributed by atoms with Crippen molar-refractivity contribution < 1.29 is 14.6 Å². The number of carbonyl (C=O) groups is 1. The normalized spacial score (nSPS) is 13.2. The molecule has 94 valence electrons. The average molecular weight is 236 g/mol. The van der Waals surface area contributed by atoms with Crippen LogP contribution >= 0.6 is 0 Å². The number of hydrogen-bond acceptors (Lipinski definition) is 3. The highest BCUT2D eigenvalue weighted by Gasteiger charge is 2.22. The van der Waals surface area contributed by atoms with Gasteiger partial charge in [-0.25, -0.2) is 0 Å². The van der Waals surface area contributed by atoms with Gasteiger partial charge in [-0.05, 0) is 25.8 Å². The van der Waals surface area contributed by atoms with Gasteiger partial charge in [-0.3, -0.25) is 4.79 Å². The summed E-state index contributed by atoms with van der Waals surface area (Å²) in [4.78, 5) is 10.9. The maximum atomic E-state index is 10.9. The number of carbonyl (C=O) groups excluding carboxylic acids is 1. The maximum Gasteiger partial charge on any atom is 0.302 e. The highest BCUT2D eigenvalue weighted by atomic mass is 16.5. The van der Waals surface area contributed by atoms with Crippen LogP contribution in [0.5, 0.6) is 0 Å². The molecule has 0 aliphatic heterocycles. The van der Waals surface area contributed by atoms with Crippen LogP contribution in [0.1, 0.15) is 38.7 Å². The van der Waals surface area contributed by atoms with Gasteiger partial charge in [0.1, 0.15) is 0 Å². The van der Waals surface area contributed by atoms with Crippen LogP contribution in [0.15, 0.2) is 30.3 Å². The van der Waals surface area contributed by atoms with Crippen molar-refractivity contribution in [2.45, 2.75) is 38.7 Å². The molecule has 3 heteroatoms. The van der Waals surface area contributed by atoms with Crippen molar-refractivity contribution in [2.24, 2.45) is 0 Å². The molecule has 0 aromatic heterocycles. The summed E-state index contributed by atoms with van der Waals surface area (Å²) in [6.07, 6.45) is 0.560. The summed E-state index contributed by atoms with van der Waals surface area (Å²) in [5.74, 6) is -0.262. The minimum atomic E-state index is -0.777. The van der Waals surface area contributed by atoms with Crippen LogP contribution in [0.25, 0.3) is 0 Å². The average Bonchev–Trinajstić information content (AvgIpc) is 2.24. The van der Waals surface area contributed by atoms with E-state index in [2.05, 4.69) is 0 Å². The van der Waals surface area contributed by atoms with Crippen LogP contribution in [0, 0.1) is 0 Å². The van der Waals surface area contributed by atoms with Crippen LogP contribution < -0.4 is 0 Å².